The molecule has 0 bridgehead atoms. The summed E-state index contributed by atoms with van der Waals surface area (Å²) in [5.41, 5.74) is 1.67. The zero-order valence-electron chi connectivity index (χ0n) is 24.4. The second-order valence-corrected chi connectivity index (χ2v) is 11.1. The molecule has 2 aromatic carbocycles. The van der Waals surface area contributed by atoms with Gasteiger partial charge < -0.3 is 24.3 Å². The third-order valence-electron chi connectivity index (χ3n) is 7.73. The fourth-order valence-corrected chi connectivity index (χ4v) is 5.81. The summed E-state index contributed by atoms with van der Waals surface area (Å²) in [6, 6.07) is 16.7. The van der Waals surface area contributed by atoms with E-state index in [1.165, 1.54) is 17.0 Å². The molecule has 0 radical (unpaired) electrons. The SMILES string of the molecule is CCCOc1ccc(NC(=O)CC2C(=O)N(Cc3ccco3)C(=S)N2CCCN2CCN(c3ccc(F)cc3)CC2)cc1. The van der Waals surface area contributed by atoms with Crippen LogP contribution in [0.5, 0.6) is 5.75 Å². The number of anilines is 2. The predicted octanol–water partition coefficient (Wildman–Crippen LogP) is 4.75. The van der Waals surface area contributed by atoms with Gasteiger partial charge in [-0.15, -0.1) is 0 Å². The van der Waals surface area contributed by atoms with Gasteiger partial charge in [0.2, 0.25) is 5.91 Å². The minimum atomic E-state index is -0.690. The first-order valence-electron chi connectivity index (χ1n) is 14.8. The zero-order chi connectivity index (χ0) is 30.2. The molecule has 43 heavy (non-hydrogen) atoms. The Kier molecular flexibility index (Phi) is 10.3. The number of piperazine rings is 1. The first kappa shape index (κ1) is 30.5. The van der Waals surface area contributed by atoms with Crippen LogP contribution in [-0.2, 0) is 16.1 Å². The number of rotatable bonds is 13. The van der Waals surface area contributed by atoms with Crippen LogP contribution in [0, 0.1) is 5.82 Å². The second-order valence-electron chi connectivity index (χ2n) is 10.8. The molecule has 1 aromatic heterocycles. The summed E-state index contributed by atoms with van der Waals surface area (Å²) in [6.07, 6.45) is 3.25. The lowest BCUT2D eigenvalue weighted by Gasteiger charge is -2.36. The van der Waals surface area contributed by atoms with Gasteiger partial charge in [0.25, 0.3) is 5.91 Å². The van der Waals surface area contributed by atoms with E-state index in [0.29, 0.717) is 29.7 Å². The van der Waals surface area contributed by atoms with Gasteiger partial charge in [-0.2, -0.15) is 0 Å². The molecule has 2 fully saturated rings. The number of thiocarbonyl (C=S) groups is 1. The van der Waals surface area contributed by atoms with Crippen LogP contribution in [0.3, 0.4) is 0 Å². The summed E-state index contributed by atoms with van der Waals surface area (Å²) in [7, 11) is 0. The fraction of sp³-hybridized carbons (Fsp3) is 0.406. The van der Waals surface area contributed by atoms with Gasteiger partial charge in [-0.1, -0.05) is 6.92 Å². The highest BCUT2D eigenvalue weighted by atomic mass is 32.1. The van der Waals surface area contributed by atoms with Crippen molar-refractivity contribution in [3.8, 4) is 5.75 Å². The van der Waals surface area contributed by atoms with Gasteiger partial charge in [0.05, 0.1) is 25.8 Å². The Labute approximate surface area is 257 Å². The van der Waals surface area contributed by atoms with Gasteiger partial charge in [-0.05, 0) is 92.3 Å². The molecule has 11 heteroatoms. The third kappa shape index (κ3) is 7.91. The van der Waals surface area contributed by atoms with Gasteiger partial charge in [0.1, 0.15) is 23.4 Å². The largest absolute Gasteiger partial charge is 0.494 e. The van der Waals surface area contributed by atoms with Crippen LogP contribution >= 0.6 is 12.2 Å². The van der Waals surface area contributed by atoms with Crippen molar-refractivity contribution in [1.29, 1.82) is 0 Å². The molecule has 1 atom stereocenters. The molecule has 2 aliphatic heterocycles. The molecule has 3 heterocycles. The lowest BCUT2D eigenvalue weighted by Crippen LogP contribution is -2.47. The van der Waals surface area contributed by atoms with Crippen LogP contribution in [0.15, 0.2) is 71.3 Å². The van der Waals surface area contributed by atoms with Crippen molar-refractivity contribution in [1.82, 2.24) is 14.7 Å². The van der Waals surface area contributed by atoms with Crippen LogP contribution in [0.2, 0.25) is 0 Å². The Hall–Kier alpha value is -3.96. The van der Waals surface area contributed by atoms with Crippen LogP contribution in [0.1, 0.15) is 31.9 Å². The van der Waals surface area contributed by atoms with E-state index in [2.05, 4.69) is 15.1 Å². The van der Waals surface area contributed by atoms with Crippen molar-refractivity contribution in [3.05, 3.63) is 78.5 Å². The van der Waals surface area contributed by atoms with E-state index in [1.54, 1.807) is 30.5 Å². The number of nitrogens with one attached hydrogen (secondary N) is 1. The average molecular weight is 608 g/mol. The molecule has 1 unspecified atom stereocenters. The second kappa shape index (κ2) is 14.5. The molecule has 5 rings (SSSR count). The zero-order valence-corrected chi connectivity index (χ0v) is 25.2. The number of nitrogens with zero attached hydrogens (tertiary/aromatic N) is 4. The number of carbonyl (C=O) groups excluding carboxylic acids is 2. The first-order valence-corrected chi connectivity index (χ1v) is 15.2. The number of hydrogen-bond donors (Lipinski definition) is 1. The van der Waals surface area contributed by atoms with Crippen LogP contribution < -0.4 is 15.0 Å². The van der Waals surface area contributed by atoms with Crippen LogP contribution in [-0.4, -0.2) is 83.5 Å². The monoisotopic (exact) mass is 607 g/mol. The van der Waals surface area contributed by atoms with E-state index < -0.39 is 6.04 Å². The highest BCUT2D eigenvalue weighted by Gasteiger charge is 2.43. The van der Waals surface area contributed by atoms with Crippen molar-refractivity contribution in [2.75, 3.05) is 56.1 Å². The summed E-state index contributed by atoms with van der Waals surface area (Å²) in [4.78, 5) is 34.7. The van der Waals surface area contributed by atoms with E-state index in [0.717, 1.165) is 57.0 Å². The standard InChI is InChI=1S/C32H38FN5O4S/c1-2-20-41-27-12-8-25(9-13-27)34-30(39)22-29-31(40)38(23-28-5-3-21-42-28)32(43)37(29)15-4-14-35-16-18-36(19-17-35)26-10-6-24(33)7-11-26/h3,5-13,21,29H,2,4,14-20,22-23H2,1H3,(H,34,39). The Morgan fingerprint density at radius 3 is 2.47 bits per heavy atom. The fourth-order valence-electron chi connectivity index (χ4n) is 5.44. The van der Waals surface area contributed by atoms with Crippen molar-refractivity contribution in [2.24, 2.45) is 0 Å². The Morgan fingerprint density at radius 1 is 1.05 bits per heavy atom. The highest BCUT2D eigenvalue weighted by molar-refractivity contribution is 7.80. The first-order chi connectivity index (χ1) is 20.9. The Morgan fingerprint density at radius 2 is 1.79 bits per heavy atom. The molecule has 0 spiro atoms. The van der Waals surface area contributed by atoms with Gasteiger partial charge in [-0.3, -0.25) is 19.4 Å². The summed E-state index contributed by atoms with van der Waals surface area (Å²) < 4.78 is 24.4. The molecule has 2 amide bonds. The Bertz CT molecular complexity index is 1360. The lowest BCUT2D eigenvalue weighted by atomic mass is 10.1. The van der Waals surface area contributed by atoms with Crippen LogP contribution in [0.4, 0.5) is 15.8 Å². The van der Waals surface area contributed by atoms with Crippen molar-refractivity contribution < 1.29 is 23.1 Å². The van der Waals surface area contributed by atoms with Gasteiger partial charge in [0, 0.05) is 44.1 Å². The molecule has 228 valence electrons. The minimum Gasteiger partial charge on any atom is -0.494 e. The minimum absolute atomic E-state index is 0.0158. The predicted molar refractivity (Wildman–Crippen MR) is 167 cm³/mol. The van der Waals surface area contributed by atoms with Gasteiger partial charge in [-0.25, -0.2) is 4.39 Å². The summed E-state index contributed by atoms with van der Waals surface area (Å²) in [5, 5.41) is 3.32. The number of hydrogen-bond acceptors (Lipinski definition) is 7. The van der Waals surface area contributed by atoms with Gasteiger partial charge in [0.15, 0.2) is 5.11 Å². The number of ether oxygens (including phenoxy) is 1. The maximum Gasteiger partial charge on any atom is 0.252 e. The molecule has 1 N–H and O–H groups in total. The molecular formula is C32H38FN5O4S. The molecule has 2 aliphatic rings. The molecular weight excluding hydrogens is 569 g/mol. The summed E-state index contributed by atoms with van der Waals surface area (Å²) in [5.74, 6) is 0.682. The van der Waals surface area contributed by atoms with Gasteiger partial charge >= 0.3 is 0 Å². The van der Waals surface area contributed by atoms with Crippen molar-refractivity contribution >= 4 is 40.5 Å². The normalized spacial score (nSPS) is 17.5. The molecule has 9 nitrogen and oxygen atoms in total. The topological polar surface area (TPSA) is 81.5 Å². The molecule has 0 saturated carbocycles. The van der Waals surface area contributed by atoms with Crippen molar-refractivity contribution in [2.45, 2.75) is 38.8 Å². The quantitative estimate of drug-likeness (QED) is 0.279. The Balaban J connectivity index is 1.17. The summed E-state index contributed by atoms with van der Waals surface area (Å²) >= 11 is 5.77. The number of amides is 2. The molecule has 2 saturated heterocycles. The average Bonchev–Trinajstić information content (AvgIpc) is 3.61. The number of halogens is 1. The van der Waals surface area contributed by atoms with E-state index in [1.807, 2.05) is 36.1 Å². The molecule has 0 aliphatic carbocycles. The third-order valence-corrected chi connectivity index (χ3v) is 8.18. The van der Waals surface area contributed by atoms with E-state index in [9.17, 15) is 14.0 Å². The van der Waals surface area contributed by atoms with Crippen molar-refractivity contribution in [3.63, 3.8) is 0 Å². The maximum absolute atomic E-state index is 13.6. The van der Waals surface area contributed by atoms with E-state index >= 15 is 0 Å². The molecule has 3 aromatic rings. The maximum atomic E-state index is 13.6. The summed E-state index contributed by atoms with van der Waals surface area (Å²) in [6.45, 7) is 7.79. The van der Waals surface area contributed by atoms with E-state index in [-0.39, 0.29) is 30.6 Å². The lowest BCUT2D eigenvalue weighted by molar-refractivity contribution is -0.131. The number of furan rings is 1. The van der Waals surface area contributed by atoms with Crippen LogP contribution in [0.25, 0.3) is 0 Å². The smallest absolute Gasteiger partial charge is 0.252 e. The van der Waals surface area contributed by atoms with E-state index in [4.69, 9.17) is 21.4 Å². The number of carbonyl (C=O) groups is 2. The highest BCUT2D eigenvalue weighted by Crippen LogP contribution is 2.25. The number of benzene rings is 2.